The Balaban J connectivity index is 1.91. The van der Waals surface area contributed by atoms with Crippen LogP contribution in [0, 0.1) is 5.92 Å². The summed E-state index contributed by atoms with van der Waals surface area (Å²) in [6, 6.07) is 0.332. The molecule has 1 heterocycles. The molecule has 92 valence electrons. The molecule has 1 aliphatic heterocycles. The van der Waals surface area contributed by atoms with E-state index in [1.807, 2.05) is 0 Å². The minimum Gasteiger partial charge on any atom is -0.351 e. The maximum absolute atomic E-state index is 12.2. The van der Waals surface area contributed by atoms with Crippen molar-refractivity contribution in [3.63, 3.8) is 0 Å². The summed E-state index contributed by atoms with van der Waals surface area (Å²) in [5, 5.41) is 6.67. The second kappa shape index (κ2) is 4.74. The molecule has 16 heavy (non-hydrogen) atoms. The highest BCUT2D eigenvalue weighted by Crippen LogP contribution is 2.29. The molecule has 3 heteroatoms. The van der Waals surface area contributed by atoms with Crippen LogP contribution in [0.4, 0.5) is 0 Å². The minimum absolute atomic E-state index is 0.0776. The number of piperidine rings is 1. The first kappa shape index (κ1) is 11.9. The van der Waals surface area contributed by atoms with Gasteiger partial charge in [-0.25, -0.2) is 0 Å². The van der Waals surface area contributed by atoms with Gasteiger partial charge in [-0.1, -0.05) is 12.8 Å². The summed E-state index contributed by atoms with van der Waals surface area (Å²) in [4.78, 5) is 12.2. The molecule has 0 aromatic heterocycles. The third-order valence-corrected chi connectivity index (χ3v) is 4.23. The molecule has 3 nitrogen and oxygen atoms in total. The molecule has 1 saturated heterocycles. The quantitative estimate of drug-likeness (QED) is 0.751. The van der Waals surface area contributed by atoms with E-state index < -0.39 is 0 Å². The van der Waals surface area contributed by atoms with Crippen LogP contribution in [0.3, 0.4) is 0 Å². The lowest BCUT2D eigenvalue weighted by atomic mass is 9.89. The van der Waals surface area contributed by atoms with Crippen molar-refractivity contribution in [3.05, 3.63) is 0 Å². The van der Waals surface area contributed by atoms with Crippen molar-refractivity contribution in [1.29, 1.82) is 0 Å². The van der Waals surface area contributed by atoms with Crippen LogP contribution >= 0.6 is 0 Å². The summed E-state index contributed by atoms with van der Waals surface area (Å²) in [6.07, 6.45) is 6.97. The molecule has 1 amide bonds. The van der Waals surface area contributed by atoms with Crippen LogP contribution in [0.1, 0.15) is 52.4 Å². The Kier molecular flexibility index (Phi) is 3.53. The largest absolute Gasteiger partial charge is 0.351 e. The van der Waals surface area contributed by atoms with Crippen molar-refractivity contribution >= 4 is 5.91 Å². The molecular formula is C13H24N2O. The molecule has 1 aliphatic carbocycles. The predicted octanol–water partition coefficient (Wildman–Crippen LogP) is 1.82. The normalized spacial score (nSPS) is 33.6. The van der Waals surface area contributed by atoms with Crippen LogP contribution in [0.2, 0.25) is 0 Å². The van der Waals surface area contributed by atoms with Gasteiger partial charge >= 0.3 is 0 Å². The van der Waals surface area contributed by atoms with Crippen molar-refractivity contribution in [3.8, 4) is 0 Å². The topological polar surface area (TPSA) is 41.1 Å². The van der Waals surface area contributed by atoms with Gasteiger partial charge in [0.25, 0.3) is 0 Å². The van der Waals surface area contributed by atoms with Crippen molar-refractivity contribution in [2.45, 2.75) is 64.0 Å². The highest BCUT2D eigenvalue weighted by atomic mass is 16.2. The first-order valence-electron chi connectivity index (χ1n) is 6.66. The molecule has 2 rings (SSSR count). The molecular weight excluding hydrogens is 200 g/mol. The van der Waals surface area contributed by atoms with Crippen molar-refractivity contribution in [2.24, 2.45) is 5.92 Å². The minimum atomic E-state index is 0.0776. The van der Waals surface area contributed by atoms with Gasteiger partial charge in [0, 0.05) is 11.6 Å². The van der Waals surface area contributed by atoms with Gasteiger partial charge in [-0.05, 0) is 46.1 Å². The van der Waals surface area contributed by atoms with Gasteiger partial charge in [0.2, 0.25) is 5.91 Å². The lowest BCUT2D eigenvalue weighted by Crippen LogP contribution is -2.52. The van der Waals surface area contributed by atoms with Gasteiger partial charge in [-0.2, -0.15) is 0 Å². The number of amides is 1. The fourth-order valence-electron chi connectivity index (χ4n) is 3.07. The van der Waals surface area contributed by atoms with E-state index in [0.717, 1.165) is 32.2 Å². The van der Waals surface area contributed by atoms with E-state index in [2.05, 4.69) is 24.5 Å². The summed E-state index contributed by atoms with van der Waals surface area (Å²) >= 11 is 0. The zero-order chi connectivity index (χ0) is 11.6. The van der Waals surface area contributed by atoms with Gasteiger partial charge in [0.1, 0.15) is 0 Å². The van der Waals surface area contributed by atoms with E-state index >= 15 is 0 Å². The second-order valence-electron chi connectivity index (χ2n) is 5.75. The summed E-state index contributed by atoms with van der Waals surface area (Å²) in [6.45, 7) is 5.38. The molecule has 0 bridgehead atoms. The highest BCUT2D eigenvalue weighted by molar-refractivity contribution is 5.80. The highest BCUT2D eigenvalue weighted by Gasteiger charge is 2.34. The smallest absolute Gasteiger partial charge is 0.225 e. The van der Waals surface area contributed by atoms with Crippen LogP contribution in [-0.2, 0) is 4.79 Å². The van der Waals surface area contributed by atoms with Crippen molar-refractivity contribution in [2.75, 3.05) is 6.54 Å². The lowest BCUT2D eigenvalue weighted by Gasteiger charge is -2.33. The van der Waals surface area contributed by atoms with E-state index in [1.165, 1.54) is 12.8 Å². The van der Waals surface area contributed by atoms with Gasteiger partial charge in [0.05, 0.1) is 5.92 Å². The summed E-state index contributed by atoms with van der Waals surface area (Å²) < 4.78 is 0. The summed E-state index contributed by atoms with van der Waals surface area (Å²) in [5.41, 5.74) is 0.0776. The number of carbonyl (C=O) groups excluding carboxylic acids is 1. The second-order valence-corrected chi connectivity index (χ2v) is 5.75. The molecule has 2 fully saturated rings. The molecule has 0 aromatic carbocycles. The summed E-state index contributed by atoms with van der Waals surface area (Å²) in [5.74, 6) is 0.440. The Morgan fingerprint density at radius 2 is 2.00 bits per heavy atom. The van der Waals surface area contributed by atoms with Crippen molar-refractivity contribution < 1.29 is 4.79 Å². The predicted molar refractivity (Wildman–Crippen MR) is 65.2 cm³/mol. The molecule has 0 radical (unpaired) electrons. The van der Waals surface area contributed by atoms with Crippen LogP contribution in [0.25, 0.3) is 0 Å². The Bertz CT molecular complexity index is 259. The first-order chi connectivity index (χ1) is 7.61. The van der Waals surface area contributed by atoms with Crippen LogP contribution < -0.4 is 10.6 Å². The molecule has 2 N–H and O–H groups in total. The van der Waals surface area contributed by atoms with E-state index in [9.17, 15) is 4.79 Å². The first-order valence-corrected chi connectivity index (χ1v) is 6.66. The van der Waals surface area contributed by atoms with Crippen LogP contribution in [0.5, 0.6) is 0 Å². The number of hydrogen-bond acceptors (Lipinski definition) is 2. The zero-order valence-corrected chi connectivity index (χ0v) is 10.5. The van der Waals surface area contributed by atoms with Gasteiger partial charge in [-0.15, -0.1) is 0 Å². The molecule has 2 unspecified atom stereocenters. The third-order valence-electron chi connectivity index (χ3n) is 4.23. The van der Waals surface area contributed by atoms with E-state index in [-0.39, 0.29) is 17.4 Å². The average molecular weight is 224 g/mol. The Morgan fingerprint density at radius 3 is 2.62 bits per heavy atom. The SMILES string of the molecule is CC1NCCCC1C(=O)NC1(C)CCCC1. The zero-order valence-electron chi connectivity index (χ0n) is 10.5. The van der Waals surface area contributed by atoms with E-state index in [1.54, 1.807) is 0 Å². The third kappa shape index (κ3) is 2.57. The Labute approximate surface area is 98.4 Å². The molecule has 2 aliphatic rings. The number of rotatable bonds is 2. The molecule has 0 spiro atoms. The van der Waals surface area contributed by atoms with E-state index in [0.29, 0.717) is 6.04 Å². The number of nitrogens with one attached hydrogen (secondary N) is 2. The maximum atomic E-state index is 12.2. The van der Waals surface area contributed by atoms with E-state index in [4.69, 9.17) is 0 Å². The lowest BCUT2D eigenvalue weighted by molar-refractivity contribution is -0.128. The Hall–Kier alpha value is -0.570. The molecule has 0 aromatic rings. The molecule has 1 saturated carbocycles. The molecule has 2 atom stereocenters. The van der Waals surface area contributed by atoms with Crippen LogP contribution in [-0.4, -0.2) is 24.0 Å². The standard InChI is InChI=1S/C13H24N2O/c1-10-11(6-5-9-14-10)12(16)15-13(2)7-3-4-8-13/h10-11,14H,3-9H2,1-2H3,(H,15,16). The maximum Gasteiger partial charge on any atom is 0.225 e. The van der Waals surface area contributed by atoms with Crippen LogP contribution in [0.15, 0.2) is 0 Å². The fraction of sp³-hybridized carbons (Fsp3) is 0.923. The van der Waals surface area contributed by atoms with Gasteiger partial charge < -0.3 is 10.6 Å². The van der Waals surface area contributed by atoms with Crippen molar-refractivity contribution in [1.82, 2.24) is 10.6 Å². The number of hydrogen-bond donors (Lipinski definition) is 2. The fourth-order valence-corrected chi connectivity index (χ4v) is 3.07. The Morgan fingerprint density at radius 1 is 1.31 bits per heavy atom. The van der Waals surface area contributed by atoms with Gasteiger partial charge in [-0.3, -0.25) is 4.79 Å². The number of carbonyl (C=O) groups is 1. The summed E-state index contributed by atoms with van der Waals surface area (Å²) in [7, 11) is 0. The van der Waals surface area contributed by atoms with Gasteiger partial charge in [0.15, 0.2) is 0 Å². The average Bonchev–Trinajstić information content (AvgIpc) is 2.65. The monoisotopic (exact) mass is 224 g/mol.